The number of anilines is 1. The summed E-state index contributed by atoms with van der Waals surface area (Å²) in [5, 5.41) is 6.19. The maximum absolute atomic E-state index is 13.1. The van der Waals surface area contributed by atoms with E-state index in [4.69, 9.17) is 11.6 Å². The molecule has 0 saturated carbocycles. The van der Waals surface area contributed by atoms with Crippen LogP contribution in [0.1, 0.15) is 18.1 Å². The van der Waals surface area contributed by atoms with E-state index < -0.39 is 46.7 Å². The number of carbonyl (C=O) groups is 3. The van der Waals surface area contributed by atoms with Crippen LogP contribution < -0.4 is 10.6 Å². The molecule has 0 aliphatic carbocycles. The third kappa shape index (κ3) is 4.23. The number of imide groups is 1. The van der Waals surface area contributed by atoms with Gasteiger partial charge in [-0.05, 0) is 47.5 Å². The molecule has 0 bridgehead atoms. The number of hydrogen-bond donors (Lipinski definition) is 2. The summed E-state index contributed by atoms with van der Waals surface area (Å²) in [6, 6.07) is 14.9. The van der Waals surface area contributed by atoms with Gasteiger partial charge in [0.2, 0.25) is 5.91 Å². The van der Waals surface area contributed by atoms with E-state index >= 15 is 0 Å². The smallest absolute Gasteiger partial charge is 0.325 e. The third-order valence-corrected chi connectivity index (χ3v) is 5.79. The number of carbonyl (C=O) groups excluding carboxylic acids is 3. The molecule has 3 aromatic carbocycles. The number of urea groups is 1. The quantitative estimate of drug-likeness (QED) is 0.526. The molecule has 3 aromatic rings. The zero-order chi connectivity index (χ0) is 24.0. The minimum absolute atomic E-state index is 0.166. The van der Waals surface area contributed by atoms with Crippen molar-refractivity contribution in [3.05, 3.63) is 76.8 Å². The van der Waals surface area contributed by atoms with E-state index in [0.29, 0.717) is 11.6 Å². The predicted molar refractivity (Wildman–Crippen MR) is 117 cm³/mol. The third-order valence-electron chi connectivity index (χ3n) is 5.46. The fourth-order valence-corrected chi connectivity index (χ4v) is 3.93. The molecule has 1 aliphatic rings. The van der Waals surface area contributed by atoms with E-state index in [1.807, 2.05) is 30.3 Å². The van der Waals surface area contributed by atoms with Gasteiger partial charge in [-0.2, -0.15) is 13.2 Å². The van der Waals surface area contributed by atoms with Crippen molar-refractivity contribution in [2.45, 2.75) is 18.6 Å². The topological polar surface area (TPSA) is 78.5 Å². The van der Waals surface area contributed by atoms with Crippen molar-refractivity contribution >= 4 is 45.9 Å². The highest BCUT2D eigenvalue weighted by Gasteiger charge is 2.49. The molecule has 33 heavy (non-hydrogen) atoms. The van der Waals surface area contributed by atoms with Gasteiger partial charge in [-0.3, -0.25) is 14.5 Å². The first-order valence-corrected chi connectivity index (χ1v) is 10.2. The Morgan fingerprint density at radius 1 is 1.06 bits per heavy atom. The van der Waals surface area contributed by atoms with Gasteiger partial charge in [-0.15, -0.1) is 0 Å². The number of rotatable bonds is 4. The Balaban J connectivity index is 1.52. The number of fused-ring (bicyclic) bond motifs is 1. The highest BCUT2D eigenvalue weighted by molar-refractivity contribution is 6.31. The molecule has 1 heterocycles. The van der Waals surface area contributed by atoms with Gasteiger partial charge < -0.3 is 10.6 Å². The zero-order valence-corrected chi connectivity index (χ0v) is 17.9. The van der Waals surface area contributed by atoms with Gasteiger partial charge in [0, 0.05) is 5.69 Å². The lowest BCUT2D eigenvalue weighted by molar-refractivity contribution is -0.137. The minimum Gasteiger partial charge on any atom is -0.325 e. The zero-order valence-electron chi connectivity index (χ0n) is 17.2. The Kier molecular flexibility index (Phi) is 5.53. The predicted octanol–water partition coefficient (Wildman–Crippen LogP) is 4.92. The maximum Gasteiger partial charge on any atom is 0.417 e. The summed E-state index contributed by atoms with van der Waals surface area (Å²) < 4.78 is 39.1. The second kappa shape index (κ2) is 8.08. The van der Waals surface area contributed by atoms with Crippen LogP contribution in [0.25, 0.3) is 10.8 Å². The van der Waals surface area contributed by atoms with Gasteiger partial charge in [0.15, 0.2) is 0 Å². The highest BCUT2D eigenvalue weighted by atomic mass is 35.5. The number of hydrogen-bond acceptors (Lipinski definition) is 3. The summed E-state index contributed by atoms with van der Waals surface area (Å²) in [7, 11) is 0. The van der Waals surface area contributed by atoms with Crippen molar-refractivity contribution in [2.24, 2.45) is 0 Å². The maximum atomic E-state index is 13.1. The first-order valence-electron chi connectivity index (χ1n) is 9.79. The molecule has 0 spiro atoms. The summed E-state index contributed by atoms with van der Waals surface area (Å²) in [4.78, 5) is 38.7. The molecule has 1 aliphatic heterocycles. The van der Waals surface area contributed by atoms with Gasteiger partial charge in [-0.25, -0.2) is 4.79 Å². The van der Waals surface area contributed by atoms with E-state index in [9.17, 15) is 27.6 Å². The van der Waals surface area contributed by atoms with Crippen LogP contribution in [-0.2, 0) is 21.3 Å². The number of benzene rings is 3. The molecule has 2 N–H and O–H groups in total. The van der Waals surface area contributed by atoms with Gasteiger partial charge in [-0.1, -0.05) is 48.0 Å². The summed E-state index contributed by atoms with van der Waals surface area (Å²) in [5.74, 6) is -1.48. The molecule has 4 amide bonds. The molecule has 10 heteroatoms. The monoisotopic (exact) mass is 475 g/mol. The van der Waals surface area contributed by atoms with Crippen LogP contribution in [0.4, 0.5) is 23.7 Å². The van der Waals surface area contributed by atoms with E-state index in [-0.39, 0.29) is 5.69 Å². The Morgan fingerprint density at radius 3 is 2.45 bits per heavy atom. The number of amides is 4. The standard InChI is InChI=1S/C23H17ClF3N3O3/c1-22(15-7-6-13-4-2-3-5-14(13)10-15)20(32)30(21(33)29-22)12-19(31)28-16-8-9-18(24)17(11-16)23(25,26)27/h2-11H,12H2,1H3,(H,28,31)(H,29,33). The van der Waals surface area contributed by atoms with Crippen molar-refractivity contribution in [1.82, 2.24) is 10.2 Å². The SMILES string of the molecule is CC1(c2ccc3ccccc3c2)NC(=O)N(CC(=O)Nc2ccc(Cl)c(C(F)(F)F)c2)C1=O. The van der Waals surface area contributed by atoms with Crippen molar-refractivity contribution in [1.29, 1.82) is 0 Å². The van der Waals surface area contributed by atoms with Crippen LogP contribution in [0.15, 0.2) is 60.7 Å². The number of halogens is 4. The first-order chi connectivity index (χ1) is 15.5. The molecular formula is C23H17ClF3N3O3. The Morgan fingerprint density at radius 2 is 1.76 bits per heavy atom. The summed E-state index contributed by atoms with van der Waals surface area (Å²) in [5.41, 5.74) is -2.14. The number of nitrogens with one attached hydrogen (secondary N) is 2. The molecule has 4 rings (SSSR count). The lowest BCUT2D eigenvalue weighted by atomic mass is 9.90. The van der Waals surface area contributed by atoms with Crippen LogP contribution in [0, 0.1) is 0 Å². The molecule has 1 unspecified atom stereocenters. The van der Waals surface area contributed by atoms with E-state index in [0.717, 1.165) is 21.7 Å². The highest BCUT2D eigenvalue weighted by Crippen LogP contribution is 2.36. The number of nitrogens with zero attached hydrogens (tertiary/aromatic N) is 1. The van der Waals surface area contributed by atoms with Crippen LogP contribution in [0.2, 0.25) is 5.02 Å². The average molecular weight is 476 g/mol. The fraction of sp³-hybridized carbons (Fsp3) is 0.174. The Labute approximate surface area is 191 Å². The van der Waals surface area contributed by atoms with Gasteiger partial charge in [0.25, 0.3) is 5.91 Å². The van der Waals surface area contributed by atoms with E-state index in [1.54, 1.807) is 12.1 Å². The second-order valence-electron chi connectivity index (χ2n) is 7.75. The normalized spacial score (nSPS) is 18.5. The molecule has 0 radical (unpaired) electrons. The molecule has 1 atom stereocenters. The van der Waals surface area contributed by atoms with Crippen LogP contribution >= 0.6 is 11.6 Å². The van der Waals surface area contributed by atoms with Crippen LogP contribution in [-0.4, -0.2) is 29.3 Å². The lowest BCUT2D eigenvalue weighted by Gasteiger charge is -2.22. The summed E-state index contributed by atoms with van der Waals surface area (Å²) in [6.45, 7) is 0.863. The van der Waals surface area contributed by atoms with Crippen molar-refractivity contribution < 1.29 is 27.6 Å². The summed E-state index contributed by atoms with van der Waals surface area (Å²) >= 11 is 5.58. The van der Waals surface area contributed by atoms with Gasteiger partial charge in [0.05, 0.1) is 10.6 Å². The van der Waals surface area contributed by atoms with Crippen LogP contribution in [0.3, 0.4) is 0 Å². The average Bonchev–Trinajstić information content (AvgIpc) is 2.98. The van der Waals surface area contributed by atoms with Crippen molar-refractivity contribution in [3.63, 3.8) is 0 Å². The minimum atomic E-state index is -4.70. The van der Waals surface area contributed by atoms with Crippen LogP contribution in [0.5, 0.6) is 0 Å². The number of alkyl halides is 3. The van der Waals surface area contributed by atoms with Crippen molar-refractivity contribution in [3.8, 4) is 0 Å². The van der Waals surface area contributed by atoms with Gasteiger partial charge in [0.1, 0.15) is 12.1 Å². The van der Waals surface area contributed by atoms with E-state index in [1.165, 1.54) is 13.0 Å². The largest absolute Gasteiger partial charge is 0.417 e. The molecular weight excluding hydrogens is 459 g/mol. The summed E-state index contributed by atoms with van der Waals surface area (Å²) in [6.07, 6.45) is -4.70. The fourth-order valence-electron chi connectivity index (χ4n) is 3.70. The van der Waals surface area contributed by atoms with Gasteiger partial charge >= 0.3 is 12.2 Å². The Bertz CT molecular complexity index is 1290. The first kappa shape index (κ1) is 22.6. The molecule has 170 valence electrons. The van der Waals surface area contributed by atoms with Crippen molar-refractivity contribution in [2.75, 3.05) is 11.9 Å². The Hall–Kier alpha value is -3.59. The molecule has 0 aromatic heterocycles. The second-order valence-corrected chi connectivity index (χ2v) is 8.16. The lowest BCUT2D eigenvalue weighted by Crippen LogP contribution is -2.42. The molecule has 1 fully saturated rings. The molecule has 6 nitrogen and oxygen atoms in total. The van der Waals surface area contributed by atoms with E-state index in [2.05, 4.69) is 10.6 Å². The molecule has 1 saturated heterocycles.